The lowest BCUT2D eigenvalue weighted by molar-refractivity contribution is -0.136. The first kappa shape index (κ1) is 9.14. The van der Waals surface area contributed by atoms with E-state index in [1.54, 1.807) is 0 Å². The first-order valence-electron chi connectivity index (χ1n) is 4.50. The third-order valence-corrected chi connectivity index (χ3v) is 1.97. The smallest absolute Gasteiger partial charge is 0.317 e. The van der Waals surface area contributed by atoms with Crippen LogP contribution in [-0.4, -0.2) is 27.8 Å². The molecular weight excluding hydrogens is 186 g/mol. The van der Waals surface area contributed by atoms with E-state index >= 15 is 0 Å². The van der Waals surface area contributed by atoms with Crippen LogP contribution in [-0.2, 0) is 11.3 Å². The van der Waals surface area contributed by atoms with E-state index in [1.807, 2.05) is 0 Å². The van der Waals surface area contributed by atoms with Gasteiger partial charge in [-0.05, 0) is 12.8 Å². The maximum atomic E-state index is 10.2. The summed E-state index contributed by atoms with van der Waals surface area (Å²) in [4.78, 5) is 14.3. The van der Waals surface area contributed by atoms with Crippen molar-refractivity contribution in [2.24, 2.45) is 0 Å². The van der Waals surface area contributed by atoms with E-state index in [1.165, 1.54) is 0 Å². The second kappa shape index (κ2) is 3.75. The number of aliphatic carboxylic acids is 1. The van der Waals surface area contributed by atoms with Crippen molar-refractivity contribution in [3.63, 3.8) is 0 Å². The fourth-order valence-electron chi connectivity index (χ4n) is 1.12. The predicted octanol–water partition coefficient (Wildman–Crippen LogP) is 0.121. The summed E-state index contributed by atoms with van der Waals surface area (Å²) >= 11 is 0. The van der Waals surface area contributed by atoms with Gasteiger partial charge in [-0.25, -0.2) is 0 Å². The Kier molecular flexibility index (Phi) is 2.45. The number of hydrogen-bond donors (Lipinski definition) is 2. The normalized spacial score (nSPS) is 15.7. The zero-order valence-corrected chi connectivity index (χ0v) is 7.56. The van der Waals surface area contributed by atoms with Gasteiger partial charge in [0.05, 0.1) is 13.1 Å². The highest BCUT2D eigenvalue weighted by Gasteiger charge is 2.29. The number of nitrogens with one attached hydrogen (secondary N) is 1. The zero-order chi connectivity index (χ0) is 9.97. The number of hydrogen-bond acceptors (Lipinski definition) is 5. The fourth-order valence-corrected chi connectivity index (χ4v) is 1.12. The molecule has 2 N–H and O–H groups in total. The molecule has 0 saturated heterocycles. The molecule has 1 saturated carbocycles. The van der Waals surface area contributed by atoms with E-state index in [9.17, 15) is 4.79 Å². The fraction of sp³-hybridized carbons (Fsp3) is 0.625. The van der Waals surface area contributed by atoms with E-state index < -0.39 is 5.97 Å². The van der Waals surface area contributed by atoms with Crippen LogP contribution in [0.15, 0.2) is 4.52 Å². The molecule has 1 aromatic heterocycles. The topological polar surface area (TPSA) is 88.2 Å². The van der Waals surface area contributed by atoms with Gasteiger partial charge in [0.1, 0.15) is 0 Å². The van der Waals surface area contributed by atoms with Crippen LogP contribution in [0.1, 0.15) is 30.5 Å². The van der Waals surface area contributed by atoms with Crippen LogP contribution in [0.2, 0.25) is 0 Å². The van der Waals surface area contributed by atoms with Crippen molar-refractivity contribution in [1.29, 1.82) is 0 Å². The summed E-state index contributed by atoms with van der Waals surface area (Å²) in [5.74, 6) is 0.747. The van der Waals surface area contributed by atoms with Gasteiger partial charge in [-0.2, -0.15) is 4.98 Å². The molecule has 1 aliphatic carbocycles. The first-order chi connectivity index (χ1) is 6.75. The van der Waals surface area contributed by atoms with Crippen LogP contribution < -0.4 is 5.32 Å². The monoisotopic (exact) mass is 197 g/mol. The highest BCUT2D eigenvalue weighted by Crippen LogP contribution is 2.38. The Morgan fingerprint density at radius 2 is 2.43 bits per heavy atom. The van der Waals surface area contributed by atoms with E-state index in [0.29, 0.717) is 24.2 Å². The largest absolute Gasteiger partial charge is 0.480 e. The summed E-state index contributed by atoms with van der Waals surface area (Å²) in [6, 6.07) is 0. The minimum absolute atomic E-state index is 0.0900. The van der Waals surface area contributed by atoms with Crippen LogP contribution in [0.5, 0.6) is 0 Å². The van der Waals surface area contributed by atoms with Gasteiger partial charge in [0, 0.05) is 5.92 Å². The standard InChI is InChI=1S/C8H11N3O3/c12-7(13)4-9-3-6-10-8(14-11-6)5-1-2-5/h5,9H,1-4H2,(H,12,13). The molecule has 0 unspecified atom stereocenters. The van der Waals surface area contributed by atoms with E-state index in [0.717, 1.165) is 12.8 Å². The van der Waals surface area contributed by atoms with Gasteiger partial charge in [-0.1, -0.05) is 5.16 Å². The Morgan fingerprint density at radius 1 is 1.64 bits per heavy atom. The van der Waals surface area contributed by atoms with E-state index in [-0.39, 0.29) is 6.54 Å². The lowest BCUT2D eigenvalue weighted by Crippen LogP contribution is -2.22. The van der Waals surface area contributed by atoms with Crippen molar-refractivity contribution in [2.45, 2.75) is 25.3 Å². The van der Waals surface area contributed by atoms with Crippen molar-refractivity contribution < 1.29 is 14.4 Å². The summed E-state index contributed by atoms with van der Waals surface area (Å²) in [6.45, 7) is 0.246. The number of carbonyl (C=O) groups is 1. The summed E-state index contributed by atoms with van der Waals surface area (Å²) in [6.07, 6.45) is 2.23. The number of carboxylic acids is 1. The molecule has 6 nitrogen and oxygen atoms in total. The lowest BCUT2D eigenvalue weighted by Gasteiger charge is -1.94. The van der Waals surface area contributed by atoms with Crippen LogP contribution >= 0.6 is 0 Å². The van der Waals surface area contributed by atoms with Gasteiger partial charge in [0.15, 0.2) is 5.82 Å². The molecule has 6 heteroatoms. The van der Waals surface area contributed by atoms with E-state index in [4.69, 9.17) is 9.63 Å². The summed E-state index contributed by atoms with van der Waals surface area (Å²) < 4.78 is 5.00. The lowest BCUT2D eigenvalue weighted by atomic mass is 10.4. The molecule has 0 aliphatic heterocycles. The average molecular weight is 197 g/mol. The molecule has 0 atom stereocenters. The Labute approximate surface area is 80.3 Å². The van der Waals surface area contributed by atoms with Crippen LogP contribution in [0.25, 0.3) is 0 Å². The predicted molar refractivity (Wildman–Crippen MR) is 45.6 cm³/mol. The minimum atomic E-state index is -0.893. The maximum Gasteiger partial charge on any atom is 0.317 e. The second-order valence-corrected chi connectivity index (χ2v) is 3.32. The Bertz CT molecular complexity index is 332. The van der Waals surface area contributed by atoms with Gasteiger partial charge in [-0.15, -0.1) is 0 Å². The van der Waals surface area contributed by atoms with Crippen molar-refractivity contribution >= 4 is 5.97 Å². The minimum Gasteiger partial charge on any atom is -0.480 e. The molecule has 1 heterocycles. The molecule has 1 aliphatic rings. The number of aromatic nitrogens is 2. The third kappa shape index (κ3) is 2.29. The number of nitrogens with zero attached hydrogens (tertiary/aromatic N) is 2. The van der Waals surface area contributed by atoms with Gasteiger partial charge < -0.3 is 9.63 Å². The van der Waals surface area contributed by atoms with Crippen LogP contribution in [0.4, 0.5) is 0 Å². The van der Waals surface area contributed by atoms with Crippen molar-refractivity contribution in [2.75, 3.05) is 6.54 Å². The van der Waals surface area contributed by atoms with Crippen molar-refractivity contribution in [3.8, 4) is 0 Å². The molecule has 0 amide bonds. The number of carboxylic acid groups (broad SMARTS) is 1. The molecule has 2 rings (SSSR count). The van der Waals surface area contributed by atoms with Gasteiger partial charge in [0.25, 0.3) is 0 Å². The van der Waals surface area contributed by atoms with Crippen molar-refractivity contribution in [3.05, 3.63) is 11.7 Å². The second-order valence-electron chi connectivity index (χ2n) is 3.32. The van der Waals surface area contributed by atoms with Crippen LogP contribution in [0, 0.1) is 0 Å². The molecule has 1 fully saturated rings. The maximum absolute atomic E-state index is 10.2. The zero-order valence-electron chi connectivity index (χ0n) is 7.56. The quantitative estimate of drug-likeness (QED) is 0.697. The Hall–Kier alpha value is -1.43. The van der Waals surface area contributed by atoms with E-state index in [2.05, 4.69) is 15.5 Å². The third-order valence-electron chi connectivity index (χ3n) is 1.97. The molecule has 1 aromatic rings. The molecule has 14 heavy (non-hydrogen) atoms. The molecule has 0 spiro atoms. The van der Waals surface area contributed by atoms with Crippen molar-refractivity contribution in [1.82, 2.24) is 15.5 Å². The number of rotatable bonds is 5. The summed E-state index contributed by atoms with van der Waals surface area (Å²) in [5, 5.41) is 14.8. The molecule has 0 radical (unpaired) electrons. The highest BCUT2D eigenvalue weighted by molar-refractivity contribution is 5.68. The highest BCUT2D eigenvalue weighted by atomic mass is 16.5. The SMILES string of the molecule is O=C(O)CNCc1noc(C2CC2)n1. The molecule has 0 aromatic carbocycles. The Morgan fingerprint density at radius 3 is 3.07 bits per heavy atom. The average Bonchev–Trinajstić information content (AvgIpc) is 2.87. The van der Waals surface area contributed by atoms with Gasteiger partial charge in [0.2, 0.25) is 5.89 Å². The summed E-state index contributed by atoms with van der Waals surface area (Å²) in [7, 11) is 0. The Balaban J connectivity index is 1.80. The van der Waals surface area contributed by atoms with Gasteiger partial charge >= 0.3 is 5.97 Å². The molecular formula is C8H11N3O3. The van der Waals surface area contributed by atoms with Gasteiger partial charge in [-0.3, -0.25) is 10.1 Å². The first-order valence-corrected chi connectivity index (χ1v) is 4.50. The molecule has 0 bridgehead atoms. The van der Waals surface area contributed by atoms with Crippen LogP contribution in [0.3, 0.4) is 0 Å². The summed E-state index contributed by atoms with van der Waals surface area (Å²) in [5.41, 5.74) is 0. The molecule has 76 valence electrons.